The maximum atomic E-state index is 12.4. The largest absolute Gasteiger partial charge is 0.352 e. The van der Waals surface area contributed by atoms with Crippen LogP contribution in [0.2, 0.25) is 0 Å². The molecule has 2 rings (SSSR count). The molecule has 1 aromatic rings. The normalized spacial score (nSPS) is 23.0. The number of rotatable bonds is 5. The van der Waals surface area contributed by atoms with Gasteiger partial charge in [0.1, 0.15) is 0 Å². The fourth-order valence-corrected chi connectivity index (χ4v) is 3.53. The van der Waals surface area contributed by atoms with Crippen LogP contribution in [-0.4, -0.2) is 23.2 Å². The molecule has 0 saturated heterocycles. The number of benzene rings is 1. The zero-order valence-electron chi connectivity index (χ0n) is 12.5. The van der Waals surface area contributed by atoms with Gasteiger partial charge in [0.15, 0.2) is 0 Å². The minimum Gasteiger partial charge on any atom is -0.352 e. The number of amides is 1. The quantitative estimate of drug-likeness (QED) is 0.815. The lowest BCUT2D eigenvalue weighted by molar-refractivity contribution is -0.121. The van der Waals surface area contributed by atoms with Crippen LogP contribution in [0.3, 0.4) is 0 Å². The Bertz CT molecular complexity index is 422. The zero-order valence-corrected chi connectivity index (χ0v) is 14.1. The standard InChI is InChI=1S/C16H24N2OS.ClH/c1-2-15(20-14-6-4-3-5-7-14)16(19)18-13-10-8-12(17)9-11-13;/h3-7,12-13,15H,2,8-11,17H2,1H3,(H,18,19);1H. The molecule has 0 radical (unpaired) electrons. The van der Waals surface area contributed by atoms with E-state index in [1.165, 1.54) is 0 Å². The number of halogens is 1. The van der Waals surface area contributed by atoms with Crippen molar-refractivity contribution in [1.29, 1.82) is 0 Å². The maximum absolute atomic E-state index is 12.4. The van der Waals surface area contributed by atoms with Crippen LogP contribution in [0.5, 0.6) is 0 Å². The van der Waals surface area contributed by atoms with Crippen molar-refractivity contribution in [1.82, 2.24) is 5.32 Å². The summed E-state index contributed by atoms with van der Waals surface area (Å²) in [4.78, 5) is 13.5. The summed E-state index contributed by atoms with van der Waals surface area (Å²) < 4.78 is 0. The molecule has 1 amide bonds. The third-order valence-corrected chi connectivity index (χ3v) is 5.18. The van der Waals surface area contributed by atoms with Gasteiger partial charge >= 0.3 is 0 Å². The van der Waals surface area contributed by atoms with Crippen molar-refractivity contribution in [2.24, 2.45) is 5.73 Å². The molecule has 1 aliphatic rings. The molecule has 3 N–H and O–H groups in total. The average molecular weight is 329 g/mol. The van der Waals surface area contributed by atoms with Crippen molar-refractivity contribution in [2.75, 3.05) is 0 Å². The highest BCUT2D eigenvalue weighted by Gasteiger charge is 2.24. The van der Waals surface area contributed by atoms with Crippen molar-refractivity contribution < 1.29 is 4.79 Å². The SMILES string of the molecule is CCC(Sc1ccccc1)C(=O)NC1CCC(N)CC1.Cl. The second-order valence-electron chi connectivity index (χ2n) is 5.45. The Kier molecular flexibility index (Phi) is 8.15. The molecule has 1 saturated carbocycles. The smallest absolute Gasteiger partial charge is 0.233 e. The molecule has 0 heterocycles. The predicted octanol–water partition coefficient (Wildman–Crippen LogP) is 3.37. The topological polar surface area (TPSA) is 55.1 Å². The highest BCUT2D eigenvalue weighted by atomic mass is 35.5. The van der Waals surface area contributed by atoms with Gasteiger partial charge in [-0.1, -0.05) is 25.1 Å². The highest BCUT2D eigenvalue weighted by Crippen LogP contribution is 2.26. The minimum atomic E-state index is -0.00648. The molecule has 0 aromatic heterocycles. The summed E-state index contributed by atoms with van der Waals surface area (Å²) in [6.07, 6.45) is 4.91. The number of hydrogen-bond donors (Lipinski definition) is 2. The van der Waals surface area contributed by atoms with Gasteiger partial charge in [-0.25, -0.2) is 0 Å². The third kappa shape index (κ3) is 5.89. The van der Waals surface area contributed by atoms with Crippen LogP contribution >= 0.6 is 24.2 Å². The summed E-state index contributed by atoms with van der Waals surface area (Å²) >= 11 is 1.65. The molecule has 1 aliphatic carbocycles. The first kappa shape index (κ1) is 18.3. The second kappa shape index (κ2) is 9.34. The van der Waals surface area contributed by atoms with Gasteiger partial charge in [0.2, 0.25) is 5.91 Å². The van der Waals surface area contributed by atoms with Crippen LogP contribution in [0.25, 0.3) is 0 Å². The number of thioether (sulfide) groups is 1. The van der Waals surface area contributed by atoms with E-state index in [0.717, 1.165) is 37.0 Å². The average Bonchev–Trinajstić information content (AvgIpc) is 2.48. The van der Waals surface area contributed by atoms with Gasteiger partial charge in [0.05, 0.1) is 5.25 Å². The van der Waals surface area contributed by atoms with Crippen LogP contribution in [0, 0.1) is 0 Å². The number of nitrogens with two attached hydrogens (primary N) is 1. The van der Waals surface area contributed by atoms with Gasteiger partial charge in [0, 0.05) is 17.0 Å². The molecule has 0 spiro atoms. The van der Waals surface area contributed by atoms with E-state index in [2.05, 4.69) is 24.4 Å². The Morgan fingerprint density at radius 3 is 2.48 bits per heavy atom. The van der Waals surface area contributed by atoms with E-state index >= 15 is 0 Å². The number of nitrogens with one attached hydrogen (secondary N) is 1. The number of carbonyl (C=O) groups is 1. The van der Waals surface area contributed by atoms with Crippen molar-refractivity contribution in [3.05, 3.63) is 30.3 Å². The molecular weight excluding hydrogens is 304 g/mol. The van der Waals surface area contributed by atoms with Gasteiger partial charge in [-0.3, -0.25) is 4.79 Å². The molecule has 21 heavy (non-hydrogen) atoms. The zero-order chi connectivity index (χ0) is 14.4. The highest BCUT2D eigenvalue weighted by molar-refractivity contribution is 8.00. The molecular formula is C16H25ClN2OS. The van der Waals surface area contributed by atoms with Gasteiger partial charge in [0.25, 0.3) is 0 Å². The van der Waals surface area contributed by atoms with Crippen LogP contribution in [0.1, 0.15) is 39.0 Å². The second-order valence-corrected chi connectivity index (χ2v) is 6.72. The molecule has 5 heteroatoms. The van der Waals surface area contributed by atoms with Crippen LogP contribution in [0.4, 0.5) is 0 Å². The van der Waals surface area contributed by atoms with Gasteiger partial charge in [-0.15, -0.1) is 24.2 Å². The lowest BCUT2D eigenvalue weighted by Gasteiger charge is -2.28. The lowest BCUT2D eigenvalue weighted by Crippen LogP contribution is -2.43. The Morgan fingerprint density at radius 1 is 1.29 bits per heavy atom. The molecule has 1 atom stereocenters. The Labute approximate surface area is 137 Å². The first-order valence-corrected chi connectivity index (χ1v) is 8.34. The van der Waals surface area contributed by atoms with Crippen molar-refractivity contribution in [3.8, 4) is 0 Å². The molecule has 1 aromatic carbocycles. The van der Waals surface area contributed by atoms with E-state index in [1.807, 2.05) is 18.2 Å². The first-order valence-electron chi connectivity index (χ1n) is 7.46. The molecule has 0 aliphatic heterocycles. The van der Waals surface area contributed by atoms with Crippen molar-refractivity contribution in [2.45, 2.75) is 61.3 Å². The molecule has 3 nitrogen and oxygen atoms in total. The van der Waals surface area contributed by atoms with Gasteiger partial charge < -0.3 is 11.1 Å². The summed E-state index contributed by atoms with van der Waals surface area (Å²) in [5.41, 5.74) is 5.90. The monoisotopic (exact) mass is 328 g/mol. The summed E-state index contributed by atoms with van der Waals surface area (Å²) in [6, 6.07) is 10.8. The Morgan fingerprint density at radius 2 is 1.90 bits per heavy atom. The fraction of sp³-hybridized carbons (Fsp3) is 0.562. The fourth-order valence-electron chi connectivity index (χ4n) is 2.54. The number of hydrogen-bond acceptors (Lipinski definition) is 3. The third-order valence-electron chi connectivity index (χ3n) is 3.80. The maximum Gasteiger partial charge on any atom is 0.233 e. The first-order chi connectivity index (χ1) is 9.69. The summed E-state index contributed by atoms with van der Waals surface area (Å²) in [5, 5.41) is 3.19. The van der Waals surface area contributed by atoms with Crippen LogP contribution < -0.4 is 11.1 Å². The Hall–Kier alpha value is -0.710. The van der Waals surface area contributed by atoms with Crippen LogP contribution in [0.15, 0.2) is 35.2 Å². The predicted molar refractivity (Wildman–Crippen MR) is 92.0 cm³/mol. The van der Waals surface area contributed by atoms with Gasteiger partial charge in [-0.05, 0) is 44.2 Å². The summed E-state index contributed by atoms with van der Waals surface area (Å²) in [7, 11) is 0. The molecule has 1 fully saturated rings. The van der Waals surface area contributed by atoms with E-state index in [1.54, 1.807) is 11.8 Å². The van der Waals surface area contributed by atoms with E-state index in [0.29, 0.717) is 12.1 Å². The van der Waals surface area contributed by atoms with Crippen LogP contribution in [-0.2, 0) is 4.79 Å². The van der Waals surface area contributed by atoms with Gasteiger partial charge in [-0.2, -0.15) is 0 Å². The van der Waals surface area contributed by atoms with E-state index in [4.69, 9.17) is 5.73 Å². The molecule has 118 valence electrons. The van der Waals surface area contributed by atoms with E-state index in [-0.39, 0.29) is 23.6 Å². The van der Waals surface area contributed by atoms with E-state index < -0.39 is 0 Å². The van der Waals surface area contributed by atoms with Crippen molar-refractivity contribution >= 4 is 30.1 Å². The Balaban J connectivity index is 0.00000220. The summed E-state index contributed by atoms with van der Waals surface area (Å²) in [5.74, 6) is 0.168. The number of carbonyl (C=O) groups excluding carboxylic acids is 1. The van der Waals surface area contributed by atoms with Crippen molar-refractivity contribution in [3.63, 3.8) is 0 Å². The summed E-state index contributed by atoms with van der Waals surface area (Å²) in [6.45, 7) is 2.07. The molecule has 0 bridgehead atoms. The minimum absolute atomic E-state index is 0. The molecule has 1 unspecified atom stereocenters. The van der Waals surface area contributed by atoms with E-state index in [9.17, 15) is 4.79 Å². The lowest BCUT2D eigenvalue weighted by atomic mass is 9.92.